The second-order valence-electron chi connectivity index (χ2n) is 8.22. The molecule has 0 spiro atoms. The number of esters is 1. The summed E-state index contributed by atoms with van der Waals surface area (Å²) in [6, 6.07) is 12.5. The number of ether oxygens (including phenoxy) is 2. The van der Waals surface area contributed by atoms with Gasteiger partial charge in [-0.05, 0) is 62.6 Å². The second kappa shape index (κ2) is 8.79. The van der Waals surface area contributed by atoms with Crippen molar-refractivity contribution in [2.24, 2.45) is 0 Å². The molecule has 2 aromatic carbocycles. The van der Waals surface area contributed by atoms with Gasteiger partial charge in [0.1, 0.15) is 12.3 Å². The van der Waals surface area contributed by atoms with Crippen LogP contribution < -0.4 is 15.0 Å². The number of anilines is 2. The van der Waals surface area contributed by atoms with Crippen molar-refractivity contribution in [3.8, 4) is 5.75 Å². The van der Waals surface area contributed by atoms with Gasteiger partial charge < -0.3 is 14.8 Å². The molecule has 7 nitrogen and oxygen atoms in total. The Kier molecular flexibility index (Phi) is 6.34. The normalized spacial score (nSPS) is 14.6. The highest BCUT2D eigenvalue weighted by molar-refractivity contribution is 6.08. The Labute approximate surface area is 182 Å². The minimum Gasteiger partial charge on any atom is -0.476 e. The molecule has 0 atom stereocenters. The SMILES string of the molecule is CCOC(=O)CN1C(=O)C(C)(C)Oc2ccc(C(=O)Nc3ccc(C(C)C)cc3)cc21. The number of benzene rings is 2. The van der Waals surface area contributed by atoms with Crippen LogP contribution in [-0.2, 0) is 14.3 Å². The zero-order valence-corrected chi connectivity index (χ0v) is 18.5. The van der Waals surface area contributed by atoms with Crippen molar-refractivity contribution in [3.63, 3.8) is 0 Å². The monoisotopic (exact) mass is 424 g/mol. The van der Waals surface area contributed by atoms with Crippen LogP contribution in [0, 0.1) is 0 Å². The molecule has 0 fully saturated rings. The Morgan fingerprint density at radius 2 is 1.81 bits per heavy atom. The van der Waals surface area contributed by atoms with Gasteiger partial charge in [-0.2, -0.15) is 0 Å². The minimum absolute atomic E-state index is 0.214. The first-order valence-electron chi connectivity index (χ1n) is 10.3. The van der Waals surface area contributed by atoms with Crippen LogP contribution in [0.3, 0.4) is 0 Å². The number of fused-ring (bicyclic) bond motifs is 1. The molecule has 164 valence electrons. The van der Waals surface area contributed by atoms with Gasteiger partial charge >= 0.3 is 5.97 Å². The van der Waals surface area contributed by atoms with Gasteiger partial charge in [0.2, 0.25) is 0 Å². The highest BCUT2D eigenvalue weighted by Gasteiger charge is 2.42. The Morgan fingerprint density at radius 1 is 1.13 bits per heavy atom. The van der Waals surface area contributed by atoms with Crippen molar-refractivity contribution in [3.05, 3.63) is 53.6 Å². The zero-order valence-electron chi connectivity index (χ0n) is 18.5. The molecule has 1 heterocycles. The first kappa shape index (κ1) is 22.3. The highest BCUT2D eigenvalue weighted by Crippen LogP contribution is 2.38. The van der Waals surface area contributed by atoms with E-state index in [-0.39, 0.29) is 25.0 Å². The summed E-state index contributed by atoms with van der Waals surface area (Å²) in [5.74, 6) is -0.410. The maximum atomic E-state index is 12.9. The second-order valence-corrected chi connectivity index (χ2v) is 8.22. The van der Waals surface area contributed by atoms with Crippen molar-refractivity contribution in [1.29, 1.82) is 0 Å². The van der Waals surface area contributed by atoms with Gasteiger partial charge in [-0.25, -0.2) is 0 Å². The fraction of sp³-hybridized carbons (Fsp3) is 0.375. The average Bonchev–Trinajstić information content (AvgIpc) is 2.71. The first-order chi connectivity index (χ1) is 14.6. The van der Waals surface area contributed by atoms with Gasteiger partial charge in [-0.15, -0.1) is 0 Å². The summed E-state index contributed by atoms with van der Waals surface area (Å²) in [7, 11) is 0. The number of nitrogens with one attached hydrogen (secondary N) is 1. The lowest BCUT2D eigenvalue weighted by atomic mass is 10.0. The van der Waals surface area contributed by atoms with E-state index in [2.05, 4.69) is 19.2 Å². The van der Waals surface area contributed by atoms with E-state index in [9.17, 15) is 14.4 Å². The van der Waals surface area contributed by atoms with Gasteiger partial charge in [0.05, 0.1) is 12.3 Å². The molecular weight excluding hydrogens is 396 g/mol. The summed E-state index contributed by atoms with van der Waals surface area (Å²) >= 11 is 0. The molecule has 0 saturated carbocycles. The lowest BCUT2D eigenvalue weighted by Gasteiger charge is -2.38. The van der Waals surface area contributed by atoms with E-state index in [1.165, 1.54) is 10.5 Å². The van der Waals surface area contributed by atoms with Crippen LogP contribution in [-0.4, -0.2) is 36.5 Å². The molecule has 0 radical (unpaired) electrons. The van der Waals surface area contributed by atoms with Crippen LogP contribution in [0.2, 0.25) is 0 Å². The number of carbonyl (C=O) groups is 3. The summed E-state index contributed by atoms with van der Waals surface area (Å²) in [6.45, 7) is 9.14. The molecule has 7 heteroatoms. The molecule has 0 aromatic heterocycles. The van der Waals surface area contributed by atoms with Crippen molar-refractivity contribution in [2.75, 3.05) is 23.4 Å². The third-order valence-corrected chi connectivity index (χ3v) is 5.06. The first-order valence-corrected chi connectivity index (χ1v) is 10.3. The fourth-order valence-electron chi connectivity index (χ4n) is 3.36. The lowest BCUT2D eigenvalue weighted by molar-refractivity contribution is -0.144. The van der Waals surface area contributed by atoms with Gasteiger partial charge in [0, 0.05) is 11.3 Å². The summed E-state index contributed by atoms with van der Waals surface area (Å²) in [4.78, 5) is 39.1. The molecule has 31 heavy (non-hydrogen) atoms. The summed E-state index contributed by atoms with van der Waals surface area (Å²) in [6.07, 6.45) is 0. The van der Waals surface area contributed by atoms with E-state index >= 15 is 0 Å². The molecule has 0 bridgehead atoms. The van der Waals surface area contributed by atoms with Crippen LogP contribution in [0.5, 0.6) is 5.75 Å². The van der Waals surface area contributed by atoms with Crippen LogP contribution in [0.4, 0.5) is 11.4 Å². The molecule has 1 aliphatic heterocycles. The average molecular weight is 424 g/mol. The topological polar surface area (TPSA) is 84.9 Å². The van der Waals surface area contributed by atoms with E-state index < -0.39 is 11.6 Å². The molecular formula is C24H28N2O5. The molecule has 0 aliphatic carbocycles. The van der Waals surface area contributed by atoms with E-state index in [0.717, 1.165) is 0 Å². The van der Waals surface area contributed by atoms with Gasteiger partial charge in [-0.1, -0.05) is 26.0 Å². The summed E-state index contributed by atoms with van der Waals surface area (Å²) in [5.41, 5.74) is 1.42. The minimum atomic E-state index is -1.14. The number of rotatable bonds is 6. The number of hydrogen-bond donors (Lipinski definition) is 1. The maximum absolute atomic E-state index is 12.9. The van der Waals surface area contributed by atoms with Crippen LogP contribution in [0.15, 0.2) is 42.5 Å². The molecule has 1 N–H and O–H groups in total. The quantitative estimate of drug-likeness (QED) is 0.705. The third-order valence-electron chi connectivity index (χ3n) is 5.06. The van der Waals surface area contributed by atoms with Gasteiger partial charge in [0.15, 0.2) is 5.60 Å². The fourth-order valence-corrected chi connectivity index (χ4v) is 3.36. The molecule has 1 aliphatic rings. The predicted molar refractivity (Wildman–Crippen MR) is 119 cm³/mol. The van der Waals surface area contributed by atoms with Gasteiger partial charge in [0.25, 0.3) is 11.8 Å². The van der Waals surface area contributed by atoms with Crippen LogP contribution >= 0.6 is 0 Å². The Hall–Kier alpha value is -3.35. The number of nitrogens with zero attached hydrogens (tertiary/aromatic N) is 1. The Morgan fingerprint density at radius 3 is 2.42 bits per heavy atom. The lowest BCUT2D eigenvalue weighted by Crippen LogP contribution is -2.54. The maximum Gasteiger partial charge on any atom is 0.326 e. The standard InChI is InChI=1S/C24H28N2O5/c1-6-30-21(27)14-26-19-13-17(9-12-20(19)31-24(4,5)23(26)29)22(28)25-18-10-7-16(8-11-18)15(2)3/h7-13,15H,6,14H2,1-5H3,(H,25,28). The van der Waals surface area contributed by atoms with Crippen LogP contribution in [0.1, 0.15) is 56.5 Å². The van der Waals surface area contributed by atoms with Crippen molar-refractivity contribution in [2.45, 2.75) is 46.1 Å². The Bertz CT molecular complexity index is 996. The predicted octanol–water partition coefficient (Wildman–Crippen LogP) is 4.13. The highest BCUT2D eigenvalue weighted by atomic mass is 16.5. The van der Waals surface area contributed by atoms with Crippen LogP contribution in [0.25, 0.3) is 0 Å². The molecule has 2 aromatic rings. The van der Waals surface area contributed by atoms with E-state index in [4.69, 9.17) is 9.47 Å². The van der Waals surface area contributed by atoms with Crippen molar-refractivity contribution < 1.29 is 23.9 Å². The van der Waals surface area contributed by atoms with Crippen molar-refractivity contribution in [1.82, 2.24) is 0 Å². The van der Waals surface area contributed by atoms with Crippen molar-refractivity contribution >= 4 is 29.2 Å². The Balaban J connectivity index is 1.87. The van der Waals surface area contributed by atoms with Gasteiger partial charge in [-0.3, -0.25) is 19.3 Å². The van der Waals surface area contributed by atoms with E-state index in [1.54, 1.807) is 39.0 Å². The number of amides is 2. The molecule has 0 saturated heterocycles. The molecule has 0 unspecified atom stereocenters. The molecule has 3 rings (SSSR count). The summed E-state index contributed by atoms with van der Waals surface area (Å²) < 4.78 is 10.8. The smallest absolute Gasteiger partial charge is 0.326 e. The largest absolute Gasteiger partial charge is 0.476 e. The zero-order chi connectivity index (χ0) is 22.8. The van der Waals surface area contributed by atoms with E-state index in [1.807, 2.05) is 24.3 Å². The number of hydrogen-bond acceptors (Lipinski definition) is 5. The molecule has 2 amide bonds. The third kappa shape index (κ3) is 4.87. The number of carbonyl (C=O) groups excluding carboxylic acids is 3. The van der Waals surface area contributed by atoms with E-state index in [0.29, 0.717) is 28.6 Å². The summed E-state index contributed by atoms with van der Waals surface area (Å²) in [5, 5.41) is 2.86.